The summed E-state index contributed by atoms with van der Waals surface area (Å²) < 4.78 is 5.59. The first-order chi connectivity index (χ1) is 12.0. The minimum atomic E-state index is -0.548. The minimum Gasteiger partial charge on any atom is -0.464 e. The highest BCUT2D eigenvalue weighted by Crippen LogP contribution is 2.27. The Bertz CT molecular complexity index is 810. The van der Waals surface area contributed by atoms with Crippen molar-refractivity contribution in [3.05, 3.63) is 46.1 Å². The Balaban J connectivity index is 1.69. The van der Waals surface area contributed by atoms with Crippen LogP contribution in [0.2, 0.25) is 0 Å². The summed E-state index contributed by atoms with van der Waals surface area (Å²) in [5.74, 6) is -0.117. The van der Waals surface area contributed by atoms with Gasteiger partial charge in [0.2, 0.25) is 5.91 Å². The Hall–Kier alpha value is -2.48. The second-order valence-corrected chi connectivity index (χ2v) is 6.56. The minimum absolute atomic E-state index is 0.0134. The molecule has 0 radical (unpaired) electrons. The molecule has 1 N–H and O–H groups in total. The Kier molecular flexibility index (Phi) is 4.98. The third-order valence-corrected chi connectivity index (χ3v) is 4.93. The Morgan fingerprint density at radius 1 is 1.32 bits per heavy atom. The summed E-state index contributed by atoms with van der Waals surface area (Å²) in [6, 6.07) is 8.59. The van der Waals surface area contributed by atoms with E-state index in [-0.39, 0.29) is 17.6 Å². The van der Waals surface area contributed by atoms with E-state index < -0.39 is 5.97 Å². The number of anilines is 2. The van der Waals surface area contributed by atoms with Gasteiger partial charge in [0, 0.05) is 16.7 Å². The van der Waals surface area contributed by atoms with E-state index in [0.717, 1.165) is 15.7 Å². The van der Waals surface area contributed by atoms with Crippen molar-refractivity contribution in [3.63, 3.8) is 0 Å². The molecule has 0 bridgehead atoms. The van der Waals surface area contributed by atoms with Crippen LogP contribution in [-0.2, 0) is 9.53 Å². The van der Waals surface area contributed by atoms with Gasteiger partial charge in [0.15, 0.2) is 5.69 Å². The average molecular weight is 405 g/mol. The number of hydrogen-bond donors (Lipinski definition) is 1. The molecule has 3 rings (SSSR count). The SMILES string of the molecule is COC(=O)c1ccc(NC2CCN(c3ccc(Br)c(C)c3)C2=O)nn1. The number of nitrogens with one attached hydrogen (secondary N) is 1. The molecule has 1 fully saturated rings. The highest BCUT2D eigenvalue weighted by Gasteiger charge is 2.33. The zero-order chi connectivity index (χ0) is 18.0. The number of ether oxygens (including phenoxy) is 1. The molecule has 0 spiro atoms. The van der Waals surface area contributed by atoms with Gasteiger partial charge in [-0.25, -0.2) is 4.79 Å². The molecule has 130 valence electrons. The van der Waals surface area contributed by atoms with Crippen LogP contribution in [0.1, 0.15) is 22.5 Å². The first-order valence-electron chi connectivity index (χ1n) is 7.75. The number of carbonyl (C=O) groups excluding carboxylic acids is 2. The van der Waals surface area contributed by atoms with E-state index in [1.165, 1.54) is 13.2 Å². The lowest BCUT2D eigenvalue weighted by atomic mass is 10.2. The second-order valence-electron chi connectivity index (χ2n) is 5.70. The fraction of sp³-hybridized carbons (Fsp3) is 0.294. The van der Waals surface area contributed by atoms with E-state index in [0.29, 0.717) is 18.8 Å². The number of nitrogens with zero attached hydrogens (tertiary/aromatic N) is 3. The number of esters is 1. The maximum Gasteiger partial charge on any atom is 0.358 e. The largest absolute Gasteiger partial charge is 0.464 e. The molecule has 1 saturated heterocycles. The smallest absolute Gasteiger partial charge is 0.358 e. The monoisotopic (exact) mass is 404 g/mol. The molecule has 1 aromatic carbocycles. The first kappa shape index (κ1) is 17.3. The van der Waals surface area contributed by atoms with Crippen LogP contribution in [0.4, 0.5) is 11.5 Å². The van der Waals surface area contributed by atoms with Crippen LogP contribution in [-0.4, -0.2) is 41.8 Å². The van der Waals surface area contributed by atoms with Gasteiger partial charge in [-0.15, -0.1) is 10.2 Å². The van der Waals surface area contributed by atoms with Gasteiger partial charge in [0.25, 0.3) is 0 Å². The quantitative estimate of drug-likeness (QED) is 0.788. The molecule has 1 atom stereocenters. The molecule has 1 aliphatic heterocycles. The van der Waals surface area contributed by atoms with Crippen LogP contribution < -0.4 is 10.2 Å². The van der Waals surface area contributed by atoms with Gasteiger partial charge in [-0.1, -0.05) is 15.9 Å². The van der Waals surface area contributed by atoms with Gasteiger partial charge in [0.1, 0.15) is 11.9 Å². The molecule has 2 heterocycles. The molecule has 1 amide bonds. The fourth-order valence-corrected chi connectivity index (χ4v) is 2.91. The summed E-state index contributed by atoms with van der Waals surface area (Å²) in [6.07, 6.45) is 0.661. The van der Waals surface area contributed by atoms with Gasteiger partial charge < -0.3 is 15.0 Å². The van der Waals surface area contributed by atoms with Crippen LogP contribution in [0.25, 0.3) is 0 Å². The zero-order valence-electron chi connectivity index (χ0n) is 13.8. The van der Waals surface area contributed by atoms with Gasteiger partial charge in [-0.2, -0.15) is 0 Å². The van der Waals surface area contributed by atoms with E-state index >= 15 is 0 Å². The lowest BCUT2D eigenvalue weighted by Gasteiger charge is -2.18. The van der Waals surface area contributed by atoms with E-state index in [1.807, 2.05) is 25.1 Å². The molecule has 0 saturated carbocycles. The van der Waals surface area contributed by atoms with Crippen LogP contribution >= 0.6 is 15.9 Å². The van der Waals surface area contributed by atoms with Crippen LogP contribution in [0.3, 0.4) is 0 Å². The Morgan fingerprint density at radius 3 is 2.76 bits per heavy atom. The van der Waals surface area contributed by atoms with Crippen molar-refractivity contribution in [2.24, 2.45) is 0 Å². The molecular weight excluding hydrogens is 388 g/mol. The Morgan fingerprint density at radius 2 is 2.12 bits per heavy atom. The summed E-state index contributed by atoms with van der Waals surface area (Å²) in [6.45, 7) is 2.62. The molecule has 1 aromatic heterocycles. The second kappa shape index (κ2) is 7.18. The lowest BCUT2D eigenvalue weighted by Crippen LogP contribution is -2.33. The van der Waals surface area contributed by atoms with Crippen molar-refractivity contribution >= 4 is 39.3 Å². The molecule has 25 heavy (non-hydrogen) atoms. The predicted molar refractivity (Wildman–Crippen MR) is 96.6 cm³/mol. The van der Waals surface area contributed by atoms with Crippen molar-refractivity contribution in [2.45, 2.75) is 19.4 Å². The molecule has 8 heteroatoms. The maximum atomic E-state index is 12.7. The number of amides is 1. The van der Waals surface area contributed by atoms with Crippen molar-refractivity contribution in [1.82, 2.24) is 10.2 Å². The van der Waals surface area contributed by atoms with Crippen LogP contribution in [0.15, 0.2) is 34.8 Å². The molecule has 1 unspecified atom stereocenters. The standard InChI is InChI=1S/C17H17BrN4O3/c1-10-9-11(3-4-12(10)18)22-8-7-13(16(22)23)19-15-6-5-14(20-21-15)17(24)25-2/h3-6,9,13H,7-8H2,1-2H3,(H,19,21). The van der Waals surface area contributed by atoms with Gasteiger partial charge in [0.05, 0.1) is 7.11 Å². The van der Waals surface area contributed by atoms with Gasteiger partial charge in [-0.3, -0.25) is 4.79 Å². The van der Waals surface area contributed by atoms with Crippen molar-refractivity contribution in [3.8, 4) is 0 Å². The van der Waals surface area contributed by atoms with Gasteiger partial charge >= 0.3 is 5.97 Å². The van der Waals surface area contributed by atoms with Crippen LogP contribution in [0, 0.1) is 6.92 Å². The van der Waals surface area contributed by atoms with Crippen LogP contribution in [0.5, 0.6) is 0 Å². The normalized spacial score (nSPS) is 16.8. The third-order valence-electron chi connectivity index (χ3n) is 4.04. The van der Waals surface area contributed by atoms with E-state index in [4.69, 9.17) is 0 Å². The number of benzene rings is 1. The highest BCUT2D eigenvalue weighted by molar-refractivity contribution is 9.10. The van der Waals surface area contributed by atoms with Crippen molar-refractivity contribution < 1.29 is 14.3 Å². The number of hydrogen-bond acceptors (Lipinski definition) is 6. The van der Waals surface area contributed by atoms with E-state index in [2.05, 4.69) is 36.2 Å². The molecule has 1 aliphatic rings. The van der Waals surface area contributed by atoms with E-state index in [9.17, 15) is 9.59 Å². The number of halogens is 1. The number of aromatic nitrogens is 2. The molecular formula is C17H17BrN4O3. The number of methoxy groups -OCH3 is 1. The summed E-state index contributed by atoms with van der Waals surface area (Å²) >= 11 is 3.47. The highest BCUT2D eigenvalue weighted by atomic mass is 79.9. The number of aryl methyl sites for hydroxylation is 1. The number of rotatable bonds is 4. The number of carbonyl (C=O) groups is 2. The fourth-order valence-electron chi connectivity index (χ4n) is 2.67. The Labute approximate surface area is 153 Å². The molecule has 2 aromatic rings. The maximum absolute atomic E-state index is 12.7. The van der Waals surface area contributed by atoms with Gasteiger partial charge in [-0.05, 0) is 49.2 Å². The molecule has 0 aliphatic carbocycles. The molecule has 7 nitrogen and oxygen atoms in total. The summed E-state index contributed by atoms with van der Waals surface area (Å²) in [5.41, 5.74) is 2.07. The first-order valence-corrected chi connectivity index (χ1v) is 8.55. The topological polar surface area (TPSA) is 84.4 Å². The summed E-state index contributed by atoms with van der Waals surface area (Å²) in [4.78, 5) is 25.8. The summed E-state index contributed by atoms with van der Waals surface area (Å²) in [5, 5.41) is 10.8. The summed E-state index contributed by atoms with van der Waals surface area (Å²) in [7, 11) is 1.28. The van der Waals surface area contributed by atoms with Crippen molar-refractivity contribution in [2.75, 3.05) is 23.9 Å². The van der Waals surface area contributed by atoms with Crippen molar-refractivity contribution in [1.29, 1.82) is 0 Å². The third kappa shape index (κ3) is 3.63. The predicted octanol–water partition coefficient (Wildman–Crippen LogP) is 2.55. The average Bonchev–Trinajstić information content (AvgIpc) is 2.98. The zero-order valence-corrected chi connectivity index (χ0v) is 15.4. The van der Waals surface area contributed by atoms with E-state index in [1.54, 1.807) is 11.0 Å². The lowest BCUT2D eigenvalue weighted by molar-refractivity contribution is -0.117.